The first-order valence-electron chi connectivity index (χ1n) is 8.35. The molecule has 0 aromatic carbocycles. The van der Waals surface area contributed by atoms with Gasteiger partial charge in [0.2, 0.25) is 5.91 Å². The van der Waals surface area contributed by atoms with E-state index in [9.17, 15) is 4.79 Å². The monoisotopic (exact) mass is 350 g/mol. The van der Waals surface area contributed by atoms with Gasteiger partial charge in [-0.15, -0.1) is 11.3 Å². The van der Waals surface area contributed by atoms with Gasteiger partial charge in [0.05, 0.1) is 5.69 Å². The lowest BCUT2D eigenvalue weighted by Crippen LogP contribution is -2.33. The van der Waals surface area contributed by atoms with Crippen LogP contribution in [0.5, 0.6) is 0 Å². The van der Waals surface area contributed by atoms with E-state index >= 15 is 0 Å². The molecule has 4 rings (SSSR count). The number of amides is 1. The molecule has 0 saturated heterocycles. The zero-order valence-corrected chi connectivity index (χ0v) is 14.5. The SMILES string of the molecule is O=C(NCc1cccnc1)C1CCc2nc(-c3ccncc3)sc2C1. The molecule has 0 radical (unpaired) electrons. The van der Waals surface area contributed by atoms with Gasteiger partial charge in [-0.25, -0.2) is 4.98 Å². The summed E-state index contributed by atoms with van der Waals surface area (Å²) in [5.41, 5.74) is 3.25. The highest BCUT2D eigenvalue weighted by atomic mass is 32.1. The third-order valence-electron chi connectivity index (χ3n) is 4.43. The Morgan fingerprint density at radius 3 is 2.88 bits per heavy atom. The van der Waals surface area contributed by atoms with Crippen LogP contribution in [0.4, 0.5) is 0 Å². The maximum absolute atomic E-state index is 12.5. The maximum atomic E-state index is 12.5. The molecular weight excluding hydrogens is 332 g/mol. The third-order valence-corrected chi connectivity index (χ3v) is 5.60. The largest absolute Gasteiger partial charge is 0.352 e. The molecule has 1 atom stereocenters. The van der Waals surface area contributed by atoms with Crippen LogP contribution in [0.25, 0.3) is 10.6 Å². The van der Waals surface area contributed by atoms with Crippen LogP contribution in [-0.4, -0.2) is 20.9 Å². The van der Waals surface area contributed by atoms with Crippen LogP contribution in [0.1, 0.15) is 22.6 Å². The van der Waals surface area contributed by atoms with Crippen LogP contribution in [0.15, 0.2) is 49.1 Å². The first kappa shape index (κ1) is 15.9. The van der Waals surface area contributed by atoms with Gasteiger partial charge in [-0.2, -0.15) is 0 Å². The molecule has 6 heteroatoms. The van der Waals surface area contributed by atoms with E-state index in [0.29, 0.717) is 6.54 Å². The van der Waals surface area contributed by atoms with E-state index < -0.39 is 0 Å². The van der Waals surface area contributed by atoms with E-state index in [0.717, 1.165) is 41.1 Å². The fraction of sp³-hybridized carbons (Fsp3) is 0.263. The Hall–Kier alpha value is -2.60. The topological polar surface area (TPSA) is 67.8 Å². The van der Waals surface area contributed by atoms with Crippen molar-refractivity contribution < 1.29 is 4.79 Å². The number of hydrogen-bond acceptors (Lipinski definition) is 5. The zero-order chi connectivity index (χ0) is 17.1. The van der Waals surface area contributed by atoms with Gasteiger partial charge in [0.15, 0.2) is 0 Å². The summed E-state index contributed by atoms with van der Waals surface area (Å²) < 4.78 is 0. The van der Waals surface area contributed by atoms with Gasteiger partial charge in [0, 0.05) is 47.7 Å². The summed E-state index contributed by atoms with van der Waals surface area (Å²) in [5, 5.41) is 4.05. The molecule has 1 aliphatic carbocycles. The number of aryl methyl sites for hydroxylation is 1. The Morgan fingerprint density at radius 1 is 1.20 bits per heavy atom. The molecule has 3 heterocycles. The average molecular weight is 350 g/mol. The van der Waals surface area contributed by atoms with Gasteiger partial charge < -0.3 is 5.32 Å². The zero-order valence-electron chi connectivity index (χ0n) is 13.7. The average Bonchev–Trinajstić information content (AvgIpc) is 3.11. The van der Waals surface area contributed by atoms with Crippen LogP contribution in [0.3, 0.4) is 0 Å². The van der Waals surface area contributed by atoms with Crippen molar-refractivity contribution in [2.75, 3.05) is 0 Å². The minimum atomic E-state index is 0.0231. The van der Waals surface area contributed by atoms with Crippen LogP contribution in [-0.2, 0) is 24.2 Å². The smallest absolute Gasteiger partial charge is 0.223 e. The molecule has 0 aliphatic heterocycles. The summed E-state index contributed by atoms with van der Waals surface area (Å²) in [5.74, 6) is 0.142. The number of rotatable bonds is 4. The lowest BCUT2D eigenvalue weighted by molar-refractivity contribution is -0.125. The molecule has 0 spiro atoms. The van der Waals surface area contributed by atoms with E-state index in [4.69, 9.17) is 4.98 Å². The standard InChI is InChI=1S/C19H18N4OS/c24-18(22-12-13-2-1-7-21-11-13)15-3-4-16-17(10-15)25-19(23-16)14-5-8-20-9-6-14/h1-2,5-9,11,15H,3-4,10,12H2,(H,22,24). The fourth-order valence-electron chi connectivity index (χ4n) is 3.05. The summed E-state index contributed by atoms with van der Waals surface area (Å²) in [6, 6.07) is 7.80. The van der Waals surface area contributed by atoms with Crippen LogP contribution in [0, 0.1) is 5.92 Å². The molecule has 1 N–H and O–H groups in total. The predicted molar refractivity (Wildman–Crippen MR) is 96.9 cm³/mol. The molecule has 1 aliphatic rings. The van der Waals surface area contributed by atoms with Crippen LogP contribution < -0.4 is 5.32 Å². The second-order valence-corrected chi connectivity index (χ2v) is 7.23. The number of fused-ring (bicyclic) bond motifs is 1. The van der Waals surface area contributed by atoms with Crippen LogP contribution >= 0.6 is 11.3 Å². The summed E-state index contributed by atoms with van der Waals surface area (Å²) in [4.78, 5) is 26.6. The highest BCUT2D eigenvalue weighted by Gasteiger charge is 2.27. The van der Waals surface area contributed by atoms with Gasteiger partial charge in [0.1, 0.15) is 5.01 Å². The Morgan fingerprint density at radius 2 is 2.08 bits per heavy atom. The first-order valence-corrected chi connectivity index (χ1v) is 9.17. The normalized spacial score (nSPS) is 16.2. The van der Waals surface area contributed by atoms with E-state index in [2.05, 4.69) is 15.3 Å². The molecular formula is C19H18N4OS. The Bertz CT molecular complexity index is 864. The quantitative estimate of drug-likeness (QED) is 0.785. The van der Waals surface area contributed by atoms with E-state index in [-0.39, 0.29) is 11.8 Å². The number of nitrogens with one attached hydrogen (secondary N) is 1. The summed E-state index contributed by atoms with van der Waals surface area (Å²) in [6.07, 6.45) is 9.57. The lowest BCUT2D eigenvalue weighted by Gasteiger charge is -2.20. The van der Waals surface area contributed by atoms with Crippen molar-refractivity contribution in [1.29, 1.82) is 0 Å². The van der Waals surface area contributed by atoms with Crippen molar-refractivity contribution in [3.05, 3.63) is 65.2 Å². The molecule has 1 unspecified atom stereocenters. The number of nitrogens with zero attached hydrogens (tertiary/aromatic N) is 3. The second kappa shape index (κ2) is 7.11. The summed E-state index contributed by atoms with van der Waals surface area (Å²) in [7, 11) is 0. The molecule has 0 fully saturated rings. The number of hydrogen-bond donors (Lipinski definition) is 1. The van der Waals surface area contributed by atoms with Crippen molar-refractivity contribution in [1.82, 2.24) is 20.3 Å². The van der Waals surface area contributed by atoms with Crippen molar-refractivity contribution >= 4 is 17.2 Å². The van der Waals surface area contributed by atoms with Crippen molar-refractivity contribution in [3.8, 4) is 10.6 Å². The molecule has 25 heavy (non-hydrogen) atoms. The highest BCUT2D eigenvalue weighted by molar-refractivity contribution is 7.15. The Labute approximate surface area is 150 Å². The molecule has 0 bridgehead atoms. The van der Waals surface area contributed by atoms with E-state index in [1.807, 2.05) is 24.3 Å². The lowest BCUT2D eigenvalue weighted by atomic mass is 9.90. The number of carbonyl (C=O) groups is 1. The highest BCUT2D eigenvalue weighted by Crippen LogP contribution is 2.34. The first-order chi connectivity index (χ1) is 12.3. The van der Waals surface area contributed by atoms with Crippen molar-refractivity contribution in [2.24, 2.45) is 5.92 Å². The van der Waals surface area contributed by atoms with Crippen LogP contribution in [0.2, 0.25) is 0 Å². The molecule has 1 amide bonds. The number of thiazole rings is 1. The van der Waals surface area contributed by atoms with Gasteiger partial charge in [-0.05, 0) is 43.0 Å². The number of carbonyl (C=O) groups excluding carboxylic acids is 1. The number of aromatic nitrogens is 3. The summed E-state index contributed by atoms with van der Waals surface area (Å²) >= 11 is 1.70. The maximum Gasteiger partial charge on any atom is 0.223 e. The van der Waals surface area contributed by atoms with Gasteiger partial charge >= 0.3 is 0 Å². The van der Waals surface area contributed by atoms with E-state index in [1.165, 1.54) is 4.88 Å². The third kappa shape index (κ3) is 3.58. The predicted octanol–water partition coefficient (Wildman–Crippen LogP) is 3.02. The Kier molecular flexibility index (Phi) is 4.52. The molecule has 0 saturated carbocycles. The molecule has 3 aromatic rings. The van der Waals surface area contributed by atoms with Gasteiger partial charge in [0.25, 0.3) is 0 Å². The van der Waals surface area contributed by atoms with Crippen molar-refractivity contribution in [3.63, 3.8) is 0 Å². The second-order valence-electron chi connectivity index (χ2n) is 6.14. The minimum Gasteiger partial charge on any atom is -0.352 e. The van der Waals surface area contributed by atoms with E-state index in [1.54, 1.807) is 36.1 Å². The minimum absolute atomic E-state index is 0.0231. The fourth-order valence-corrected chi connectivity index (χ4v) is 4.25. The van der Waals surface area contributed by atoms with Gasteiger partial charge in [-0.1, -0.05) is 6.07 Å². The molecule has 126 valence electrons. The molecule has 3 aromatic heterocycles. The Balaban J connectivity index is 1.42. The van der Waals surface area contributed by atoms with Crippen molar-refractivity contribution in [2.45, 2.75) is 25.8 Å². The van der Waals surface area contributed by atoms with Gasteiger partial charge in [-0.3, -0.25) is 14.8 Å². The summed E-state index contributed by atoms with van der Waals surface area (Å²) in [6.45, 7) is 0.529. The number of pyridine rings is 2. The molecule has 5 nitrogen and oxygen atoms in total.